The summed E-state index contributed by atoms with van der Waals surface area (Å²) >= 11 is 0. The number of fused-ring (bicyclic) bond motifs is 2. The Morgan fingerprint density at radius 1 is 1.00 bits per heavy atom. The Hall–Kier alpha value is -4.93. The van der Waals surface area contributed by atoms with Gasteiger partial charge < -0.3 is 15.2 Å². The van der Waals surface area contributed by atoms with Crippen LogP contribution in [0.25, 0.3) is 27.8 Å². The normalized spacial score (nSPS) is 13.7. The fraction of sp³-hybridized carbons (Fsp3) is 0.111. The van der Waals surface area contributed by atoms with Crippen LogP contribution in [0, 0.1) is 0 Å². The molecule has 0 aliphatic carbocycles. The van der Waals surface area contributed by atoms with Gasteiger partial charge in [-0.15, -0.1) is 0 Å². The highest BCUT2D eigenvalue weighted by atomic mass is 19.4. The van der Waals surface area contributed by atoms with Gasteiger partial charge in [-0.2, -0.15) is 18.3 Å². The molecule has 8 nitrogen and oxygen atoms in total. The van der Waals surface area contributed by atoms with Gasteiger partial charge in [0.2, 0.25) is 0 Å². The minimum Gasteiger partial charge on any atom is -0.380 e. The molecule has 0 bridgehead atoms. The Balaban J connectivity index is 1.42. The summed E-state index contributed by atoms with van der Waals surface area (Å²) in [5.74, 6) is -0.545. The second-order valence-electron chi connectivity index (χ2n) is 8.79. The number of aldehydes is 1. The first kappa shape index (κ1) is 23.5. The van der Waals surface area contributed by atoms with Crippen molar-refractivity contribution in [2.24, 2.45) is 0 Å². The maximum Gasteiger partial charge on any atom is 0.435 e. The van der Waals surface area contributed by atoms with Crippen molar-refractivity contribution in [3.8, 4) is 16.8 Å². The van der Waals surface area contributed by atoms with Crippen molar-refractivity contribution in [1.82, 2.24) is 14.9 Å². The average Bonchev–Trinajstić information content (AvgIpc) is 3.50. The molecule has 3 aromatic carbocycles. The van der Waals surface area contributed by atoms with Crippen molar-refractivity contribution in [3.63, 3.8) is 0 Å². The largest absolute Gasteiger partial charge is 0.435 e. The molecule has 3 heterocycles. The minimum absolute atomic E-state index is 0.0384. The molecule has 2 N–H and O–H groups in total. The van der Waals surface area contributed by atoms with E-state index in [1.165, 1.54) is 23.1 Å². The summed E-state index contributed by atoms with van der Waals surface area (Å²) < 4.78 is 47.8. The van der Waals surface area contributed by atoms with Crippen LogP contribution in [0.4, 0.5) is 24.7 Å². The number of nitrogens with two attached hydrogens (primary N) is 1. The zero-order chi connectivity index (χ0) is 26.6. The van der Waals surface area contributed by atoms with Crippen LogP contribution < -0.4 is 10.6 Å². The topological polar surface area (TPSA) is 107 Å². The van der Waals surface area contributed by atoms with Gasteiger partial charge in [-0.1, -0.05) is 41.6 Å². The van der Waals surface area contributed by atoms with Crippen LogP contribution in [-0.2, 0) is 12.6 Å². The SMILES string of the molecule is Nc1noc2ccc(-n3nc(C(F)(F)F)c4c3C(=O)N(c3ccc(-c5ccccc5C=O)cc3)CC4)cc12. The van der Waals surface area contributed by atoms with Gasteiger partial charge in [0.15, 0.2) is 23.4 Å². The van der Waals surface area contributed by atoms with E-state index < -0.39 is 17.8 Å². The Bertz CT molecular complexity index is 1720. The van der Waals surface area contributed by atoms with Crippen molar-refractivity contribution in [2.75, 3.05) is 17.2 Å². The standard InChI is InChI=1S/C27H18F3N5O3/c28-27(29,30)24-20-11-12-34(17-7-5-15(6-8-17)19-4-2-1-3-16(19)14-36)26(37)23(20)35(32-24)18-9-10-22-21(13-18)25(31)33-38-22/h1-10,13-14H,11-12H2,(H2,31,33). The van der Waals surface area contributed by atoms with Gasteiger partial charge in [0, 0.05) is 23.4 Å². The molecule has 2 aromatic heterocycles. The summed E-state index contributed by atoms with van der Waals surface area (Å²) in [6, 6.07) is 18.5. The highest BCUT2D eigenvalue weighted by molar-refractivity contribution is 6.08. The zero-order valence-electron chi connectivity index (χ0n) is 19.6. The summed E-state index contributed by atoms with van der Waals surface area (Å²) in [5.41, 5.74) is 7.50. The molecule has 0 atom stereocenters. The molecule has 0 fully saturated rings. The molecule has 5 aromatic rings. The van der Waals surface area contributed by atoms with Gasteiger partial charge in [-0.3, -0.25) is 9.59 Å². The Kier molecular flexibility index (Phi) is 5.30. The lowest BCUT2D eigenvalue weighted by molar-refractivity contribution is -0.141. The van der Waals surface area contributed by atoms with Crippen molar-refractivity contribution in [1.29, 1.82) is 0 Å². The van der Waals surface area contributed by atoms with E-state index in [9.17, 15) is 22.8 Å². The fourth-order valence-electron chi connectivity index (χ4n) is 4.78. The molecule has 190 valence electrons. The van der Waals surface area contributed by atoms with Gasteiger partial charge in [0.1, 0.15) is 5.69 Å². The number of carbonyl (C=O) groups excluding carboxylic acids is 2. The number of halogens is 3. The molecule has 11 heteroatoms. The lowest BCUT2D eigenvalue weighted by atomic mass is 9.99. The van der Waals surface area contributed by atoms with E-state index in [4.69, 9.17) is 10.3 Å². The van der Waals surface area contributed by atoms with Gasteiger partial charge in [-0.25, -0.2) is 4.68 Å². The predicted octanol–water partition coefficient (Wildman–Crippen LogP) is 5.30. The maximum atomic E-state index is 13.9. The first-order chi connectivity index (χ1) is 18.3. The zero-order valence-corrected chi connectivity index (χ0v) is 19.6. The highest BCUT2D eigenvalue weighted by Crippen LogP contribution is 2.38. The monoisotopic (exact) mass is 517 g/mol. The van der Waals surface area contributed by atoms with E-state index in [0.717, 1.165) is 22.1 Å². The number of anilines is 2. The molecular weight excluding hydrogens is 499 g/mol. The molecule has 1 amide bonds. The van der Waals surface area contributed by atoms with Gasteiger partial charge >= 0.3 is 6.18 Å². The van der Waals surface area contributed by atoms with Crippen LogP contribution in [-0.4, -0.2) is 33.7 Å². The number of hydrogen-bond acceptors (Lipinski definition) is 6. The van der Waals surface area contributed by atoms with E-state index in [0.29, 0.717) is 22.2 Å². The first-order valence-corrected chi connectivity index (χ1v) is 11.6. The number of carbonyl (C=O) groups is 2. The Morgan fingerprint density at radius 3 is 2.47 bits per heavy atom. The molecular formula is C27H18F3N5O3. The fourth-order valence-corrected chi connectivity index (χ4v) is 4.78. The van der Waals surface area contributed by atoms with Crippen LogP contribution in [0.1, 0.15) is 32.1 Å². The second-order valence-corrected chi connectivity index (χ2v) is 8.79. The maximum absolute atomic E-state index is 13.9. The molecule has 0 spiro atoms. The molecule has 1 aliphatic rings. The Morgan fingerprint density at radius 2 is 1.74 bits per heavy atom. The third-order valence-electron chi connectivity index (χ3n) is 6.59. The van der Waals surface area contributed by atoms with E-state index in [-0.39, 0.29) is 35.7 Å². The summed E-state index contributed by atoms with van der Waals surface area (Å²) in [4.78, 5) is 26.5. The molecule has 0 saturated heterocycles. The molecule has 0 saturated carbocycles. The lowest BCUT2D eigenvalue weighted by Crippen LogP contribution is -2.39. The molecule has 0 unspecified atom stereocenters. The van der Waals surface area contributed by atoms with Gasteiger partial charge in [-0.05, 0) is 47.9 Å². The summed E-state index contributed by atoms with van der Waals surface area (Å²) in [7, 11) is 0. The summed E-state index contributed by atoms with van der Waals surface area (Å²) in [6.07, 6.45) is -4.02. The first-order valence-electron chi connectivity index (χ1n) is 11.6. The predicted molar refractivity (Wildman–Crippen MR) is 133 cm³/mol. The van der Waals surface area contributed by atoms with E-state index in [1.807, 2.05) is 12.1 Å². The number of nitrogens with zero attached hydrogens (tertiary/aromatic N) is 4. The van der Waals surface area contributed by atoms with Crippen molar-refractivity contribution < 1.29 is 27.3 Å². The smallest absolute Gasteiger partial charge is 0.380 e. The average molecular weight is 517 g/mol. The highest BCUT2D eigenvalue weighted by Gasteiger charge is 2.43. The number of nitrogen functional groups attached to an aromatic ring is 1. The number of amides is 1. The molecule has 6 rings (SSSR count). The van der Waals surface area contributed by atoms with Crippen LogP contribution in [0.3, 0.4) is 0 Å². The van der Waals surface area contributed by atoms with Crippen molar-refractivity contribution in [2.45, 2.75) is 12.6 Å². The molecule has 38 heavy (non-hydrogen) atoms. The number of alkyl halides is 3. The third-order valence-corrected chi connectivity index (χ3v) is 6.59. The van der Waals surface area contributed by atoms with E-state index in [2.05, 4.69) is 10.3 Å². The van der Waals surface area contributed by atoms with Crippen LogP contribution in [0.5, 0.6) is 0 Å². The van der Waals surface area contributed by atoms with Gasteiger partial charge in [0.05, 0.1) is 11.1 Å². The molecule has 0 radical (unpaired) electrons. The molecule has 1 aliphatic heterocycles. The number of hydrogen-bond donors (Lipinski definition) is 1. The minimum atomic E-state index is -4.74. The summed E-state index contributed by atoms with van der Waals surface area (Å²) in [6.45, 7) is 0.0442. The Labute approximate surface area is 213 Å². The lowest BCUT2D eigenvalue weighted by Gasteiger charge is -2.28. The second kappa shape index (κ2) is 8.58. The van der Waals surface area contributed by atoms with E-state index >= 15 is 0 Å². The third kappa shape index (κ3) is 3.71. The number of benzene rings is 3. The number of rotatable bonds is 4. The van der Waals surface area contributed by atoms with Crippen molar-refractivity contribution in [3.05, 3.63) is 89.2 Å². The van der Waals surface area contributed by atoms with Crippen LogP contribution in [0.2, 0.25) is 0 Å². The van der Waals surface area contributed by atoms with Crippen molar-refractivity contribution >= 4 is 34.7 Å². The van der Waals surface area contributed by atoms with E-state index in [1.54, 1.807) is 36.4 Å². The quantitative estimate of drug-likeness (QED) is 0.325. The summed E-state index contributed by atoms with van der Waals surface area (Å²) in [5, 5.41) is 7.89. The number of aromatic nitrogens is 3. The van der Waals surface area contributed by atoms with Crippen LogP contribution >= 0.6 is 0 Å². The van der Waals surface area contributed by atoms with Gasteiger partial charge in [0.25, 0.3) is 5.91 Å². The van der Waals surface area contributed by atoms with Crippen LogP contribution in [0.15, 0.2) is 71.3 Å².